The molecule has 2 aromatic rings. The fraction of sp³-hybridized carbons (Fsp3) is 0.0833. The minimum absolute atomic E-state index is 0.0510. The van der Waals surface area contributed by atoms with E-state index in [-0.39, 0.29) is 5.56 Å². The summed E-state index contributed by atoms with van der Waals surface area (Å²) in [5, 5.41) is 8.68. The number of halogens is 1. The first-order valence-corrected chi connectivity index (χ1v) is 5.97. The molecule has 1 heterocycles. The molecule has 0 unspecified atom stereocenters. The van der Waals surface area contributed by atoms with Crippen molar-refractivity contribution < 1.29 is 0 Å². The van der Waals surface area contributed by atoms with Crippen LogP contribution in [-0.4, -0.2) is 9.55 Å². The maximum Gasteiger partial charge on any atom is 0.267 e. The van der Waals surface area contributed by atoms with Crippen LogP contribution < -0.4 is 5.56 Å². The lowest BCUT2D eigenvalue weighted by Gasteiger charge is -2.05. The van der Waals surface area contributed by atoms with Gasteiger partial charge in [0.05, 0.1) is 28.1 Å². The Morgan fingerprint density at radius 3 is 2.71 bits per heavy atom. The number of hydrogen-bond donors (Lipinski definition) is 0. The van der Waals surface area contributed by atoms with E-state index >= 15 is 0 Å². The quantitative estimate of drug-likeness (QED) is 0.785. The lowest BCUT2D eigenvalue weighted by Crippen LogP contribution is -2.22. The van der Waals surface area contributed by atoms with Crippen LogP contribution in [0.1, 0.15) is 11.1 Å². The van der Waals surface area contributed by atoms with Gasteiger partial charge in [0.15, 0.2) is 0 Å². The summed E-state index contributed by atoms with van der Waals surface area (Å²) < 4.78 is 2.14. The molecule has 4 nitrogen and oxygen atoms in total. The van der Waals surface area contributed by atoms with Crippen LogP contribution >= 0.6 is 22.6 Å². The number of benzene rings is 1. The van der Waals surface area contributed by atoms with Crippen LogP contribution in [0.2, 0.25) is 0 Å². The topological polar surface area (TPSA) is 58.7 Å². The highest BCUT2D eigenvalue weighted by molar-refractivity contribution is 14.1. The lowest BCUT2D eigenvalue weighted by molar-refractivity contribution is 0.730. The molecule has 17 heavy (non-hydrogen) atoms. The van der Waals surface area contributed by atoms with Crippen LogP contribution in [0.3, 0.4) is 0 Å². The van der Waals surface area contributed by atoms with Crippen molar-refractivity contribution >= 4 is 22.6 Å². The molecule has 0 saturated carbocycles. The lowest BCUT2D eigenvalue weighted by atomic mass is 10.1. The van der Waals surface area contributed by atoms with Gasteiger partial charge < -0.3 is 0 Å². The zero-order valence-electron chi connectivity index (χ0n) is 8.80. The van der Waals surface area contributed by atoms with Crippen LogP contribution in [0.5, 0.6) is 0 Å². The van der Waals surface area contributed by atoms with Gasteiger partial charge >= 0.3 is 0 Å². The fourth-order valence-corrected chi connectivity index (χ4v) is 1.89. The Morgan fingerprint density at radius 1 is 1.35 bits per heavy atom. The van der Waals surface area contributed by atoms with Crippen molar-refractivity contribution in [3.8, 4) is 6.07 Å². The van der Waals surface area contributed by atoms with Crippen LogP contribution in [0.4, 0.5) is 0 Å². The number of rotatable bonds is 2. The van der Waals surface area contributed by atoms with Crippen molar-refractivity contribution in [2.24, 2.45) is 0 Å². The van der Waals surface area contributed by atoms with Crippen LogP contribution in [0, 0.1) is 14.9 Å². The Balaban J connectivity index is 2.29. The fourth-order valence-electron chi connectivity index (χ4n) is 1.42. The van der Waals surface area contributed by atoms with Gasteiger partial charge in [0.25, 0.3) is 5.56 Å². The summed E-state index contributed by atoms with van der Waals surface area (Å²) in [6.45, 7) is 0.467. The normalized spacial score (nSPS) is 9.88. The standard InChI is InChI=1S/C12H8IN3O/c13-11-6-15-8-16(12(11)17)7-10-3-1-9(5-14)2-4-10/h1-4,6,8H,7H2. The second kappa shape index (κ2) is 5.10. The van der Waals surface area contributed by atoms with E-state index in [2.05, 4.69) is 11.1 Å². The molecule has 0 amide bonds. The molecule has 0 aliphatic rings. The van der Waals surface area contributed by atoms with E-state index in [1.165, 1.54) is 12.5 Å². The molecule has 0 aliphatic heterocycles. The Morgan fingerprint density at radius 2 is 2.06 bits per heavy atom. The molecule has 84 valence electrons. The predicted octanol–water partition coefficient (Wildman–Crippen LogP) is 1.77. The van der Waals surface area contributed by atoms with E-state index in [4.69, 9.17) is 5.26 Å². The second-order valence-corrected chi connectivity index (χ2v) is 4.65. The zero-order valence-corrected chi connectivity index (χ0v) is 11.0. The minimum atomic E-state index is -0.0510. The van der Waals surface area contributed by atoms with E-state index in [0.717, 1.165) is 5.56 Å². The molecule has 2 rings (SSSR count). The molecular weight excluding hydrogens is 329 g/mol. The average Bonchev–Trinajstić information content (AvgIpc) is 2.36. The van der Waals surface area contributed by atoms with Crippen molar-refractivity contribution in [2.75, 3.05) is 0 Å². The molecule has 0 atom stereocenters. The summed E-state index contributed by atoms with van der Waals surface area (Å²) in [7, 11) is 0. The molecule has 0 fully saturated rings. The highest BCUT2D eigenvalue weighted by Crippen LogP contribution is 2.04. The highest BCUT2D eigenvalue weighted by Gasteiger charge is 2.01. The largest absolute Gasteiger partial charge is 0.294 e. The van der Waals surface area contributed by atoms with Crippen molar-refractivity contribution in [1.29, 1.82) is 5.26 Å². The first-order chi connectivity index (χ1) is 8.20. The van der Waals surface area contributed by atoms with Gasteiger partial charge in [-0.05, 0) is 40.3 Å². The zero-order chi connectivity index (χ0) is 12.3. The number of nitriles is 1. The van der Waals surface area contributed by atoms with E-state index < -0.39 is 0 Å². The average molecular weight is 337 g/mol. The van der Waals surface area contributed by atoms with Crippen molar-refractivity contribution in [2.45, 2.75) is 6.54 Å². The summed E-state index contributed by atoms with van der Waals surface area (Å²) in [6.07, 6.45) is 3.06. The van der Waals surface area contributed by atoms with Crippen molar-refractivity contribution in [3.63, 3.8) is 0 Å². The van der Waals surface area contributed by atoms with E-state index in [0.29, 0.717) is 15.7 Å². The van der Waals surface area contributed by atoms with Gasteiger partial charge in [-0.15, -0.1) is 0 Å². The first-order valence-electron chi connectivity index (χ1n) is 4.89. The molecule has 5 heteroatoms. The molecule has 0 aliphatic carbocycles. The molecule has 0 radical (unpaired) electrons. The molecule has 0 saturated heterocycles. The van der Waals surface area contributed by atoms with Crippen molar-refractivity contribution in [1.82, 2.24) is 9.55 Å². The van der Waals surface area contributed by atoms with E-state index in [1.54, 1.807) is 16.7 Å². The summed E-state index contributed by atoms with van der Waals surface area (Å²) in [5.41, 5.74) is 1.53. The monoisotopic (exact) mass is 337 g/mol. The summed E-state index contributed by atoms with van der Waals surface area (Å²) in [5.74, 6) is 0. The molecule has 1 aromatic carbocycles. The summed E-state index contributed by atoms with van der Waals surface area (Å²) in [4.78, 5) is 15.7. The van der Waals surface area contributed by atoms with Gasteiger partial charge in [0.2, 0.25) is 0 Å². The Labute approximate surface area is 112 Å². The molecule has 0 N–H and O–H groups in total. The van der Waals surface area contributed by atoms with Gasteiger partial charge in [0, 0.05) is 6.20 Å². The number of aromatic nitrogens is 2. The third-order valence-electron chi connectivity index (χ3n) is 2.30. The van der Waals surface area contributed by atoms with Gasteiger partial charge in [0.1, 0.15) is 0 Å². The van der Waals surface area contributed by atoms with Gasteiger partial charge in [-0.2, -0.15) is 5.26 Å². The Hall–Kier alpha value is -1.68. The molecule has 0 spiro atoms. The summed E-state index contributed by atoms with van der Waals surface area (Å²) in [6, 6.07) is 9.21. The maximum atomic E-state index is 11.8. The maximum absolute atomic E-state index is 11.8. The Bertz CT molecular complexity index is 625. The van der Waals surface area contributed by atoms with Crippen LogP contribution in [-0.2, 0) is 6.54 Å². The third-order valence-corrected chi connectivity index (χ3v) is 3.04. The first kappa shape index (κ1) is 11.8. The minimum Gasteiger partial charge on any atom is -0.294 e. The smallest absolute Gasteiger partial charge is 0.267 e. The predicted molar refractivity (Wildman–Crippen MR) is 71.5 cm³/mol. The van der Waals surface area contributed by atoms with Crippen LogP contribution in [0.15, 0.2) is 41.6 Å². The van der Waals surface area contributed by atoms with Gasteiger partial charge in [-0.25, -0.2) is 4.98 Å². The molecule has 1 aromatic heterocycles. The van der Waals surface area contributed by atoms with E-state index in [1.807, 2.05) is 34.7 Å². The summed E-state index contributed by atoms with van der Waals surface area (Å²) >= 11 is 1.97. The third kappa shape index (κ3) is 2.71. The second-order valence-electron chi connectivity index (χ2n) is 3.48. The van der Waals surface area contributed by atoms with Gasteiger partial charge in [-0.1, -0.05) is 12.1 Å². The van der Waals surface area contributed by atoms with Gasteiger partial charge in [-0.3, -0.25) is 9.36 Å². The van der Waals surface area contributed by atoms with Crippen LogP contribution in [0.25, 0.3) is 0 Å². The SMILES string of the molecule is N#Cc1ccc(Cn2cncc(I)c2=O)cc1. The number of hydrogen-bond acceptors (Lipinski definition) is 3. The number of nitrogens with zero attached hydrogens (tertiary/aromatic N) is 3. The molecule has 0 bridgehead atoms. The highest BCUT2D eigenvalue weighted by atomic mass is 127. The van der Waals surface area contributed by atoms with E-state index in [9.17, 15) is 4.79 Å². The Kier molecular flexibility index (Phi) is 3.54. The molecular formula is C12H8IN3O. The van der Waals surface area contributed by atoms with Crippen molar-refractivity contribution in [3.05, 3.63) is 61.8 Å².